The number of nitrogens with zero attached hydrogens (tertiary/aromatic N) is 1. The smallest absolute Gasteiger partial charge is 0.239 e. The molecule has 2 fully saturated rings. The molecule has 2 aliphatic rings. The highest BCUT2D eigenvalue weighted by Gasteiger charge is 2.37. The van der Waals surface area contributed by atoms with E-state index in [1.807, 2.05) is 13.8 Å². The van der Waals surface area contributed by atoms with Crippen LogP contribution in [0, 0.1) is 5.92 Å². The van der Waals surface area contributed by atoms with Gasteiger partial charge in [0.15, 0.2) is 0 Å². The van der Waals surface area contributed by atoms with E-state index in [1.54, 1.807) is 0 Å². The van der Waals surface area contributed by atoms with E-state index in [0.717, 1.165) is 19.3 Å². The minimum absolute atomic E-state index is 0.0889. The second-order valence-corrected chi connectivity index (χ2v) is 7.08. The van der Waals surface area contributed by atoms with Crippen molar-refractivity contribution in [1.82, 2.24) is 10.2 Å². The van der Waals surface area contributed by atoms with Gasteiger partial charge in [0.25, 0.3) is 0 Å². The molecule has 0 heterocycles. The highest BCUT2D eigenvalue weighted by molar-refractivity contribution is 5.85. The van der Waals surface area contributed by atoms with Gasteiger partial charge in [0, 0.05) is 18.5 Å². The molecule has 0 bridgehead atoms. The number of carbonyl (C=O) groups is 1. The van der Waals surface area contributed by atoms with E-state index in [1.165, 1.54) is 25.7 Å². The molecule has 0 radical (unpaired) electrons. The largest absolute Gasteiger partial charge is 0.393 e. The van der Waals surface area contributed by atoms with Gasteiger partial charge in [0.05, 0.1) is 11.6 Å². The predicted molar refractivity (Wildman–Crippen MR) is 80.5 cm³/mol. The number of rotatable bonds is 5. The number of likely N-dealkylation sites (N-methyl/N-ethyl adjacent to an activating group) is 1. The zero-order chi connectivity index (χ0) is 14.8. The fraction of sp³-hybridized carbons (Fsp3) is 0.938. The van der Waals surface area contributed by atoms with Crippen LogP contribution in [0.5, 0.6) is 0 Å². The van der Waals surface area contributed by atoms with Crippen molar-refractivity contribution in [3.05, 3.63) is 0 Å². The van der Waals surface area contributed by atoms with Gasteiger partial charge in [0.2, 0.25) is 5.91 Å². The quantitative estimate of drug-likeness (QED) is 0.810. The summed E-state index contributed by atoms with van der Waals surface area (Å²) in [6.45, 7) is 4.62. The second kappa shape index (κ2) is 6.44. The highest BCUT2D eigenvalue weighted by atomic mass is 16.3. The molecule has 2 atom stereocenters. The minimum atomic E-state index is -0.474. The van der Waals surface area contributed by atoms with Gasteiger partial charge in [-0.2, -0.15) is 0 Å². The maximum absolute atomic E-state index is 12.5. The molecule has 0 aliphatic heterocycles. The Morgan fingerprint density at radius 3 is 2.40 bits per heavy atom. The van der Waals surface area contributed by atoms with E-state index in [-0.39, 0.29) is 17.9 Å². The molecule has 0 spiro atoms. The number of aliphatic hydroxyl groups is 1. The molecule has 2 saturated carbocycles. The lowest BCUT2D eigenvalue weighted by atomic mass is 9.98. The number of carbonyl (C=O) groups excluding carboxylic acids is 1. The molecule has 2 rings (SSSR count). The second-order valence-electron chi connectivity index (χ2n) is 7.08. The molecule has 2 N–H and O–H groups in total. The Labute approximate surface area is 122 Å². The van der Waals surface area contributed by atoms with Gasteiger partial charge in [-0.1, -0.05) is 19.3 Å². The van der Waals surface area contributed by atoms with Crippen molar-refractivity contribution in [3.8, 4) is 0 Å². The van der Waals surface area contributed by atoms with Crippen molar-refractivity contribution >= 4 is 5.91 Å². The van der Waals surface area contributed by atoms with E-state index in [2.05, 4.69) is 17.3 Å². The van der Waals surface area contributed by atoms with Gasteiger partial charge < -0.3 is 10.4 Å². The third-order valence-corrected chi connectivity index (χ3v) is 5.45. The monoisotopic (exact) mass is 282 g/mol. The van der Waals surface area contributed by atoms with Crippen LogP contribution in [0.3, 0.4) is 0 Å². The Bertz CT molecular complexity index is 337. The summed E-state index contributed by atoms with van der Waals surface area (Å²) in [4.78, 5) is 14.7. The standard InChI is InChI=1S/C16H30N2O2/c1-16(2,18(3)13-8-4-5-9-13)15(20)17-11-12-7-6-10-14(12)19/h12-14,19H,4-11H2,1-3H3,(H,17,20). The number of nitrogens with one attached hydrogen (secondary N) is 1. The molecule has 4 heteroatoms. The summed E-state index contributed by atoms with van der Waals surface area (Å²) in [6.07, 6.45) is 7.72. The highest BCUT2D eigenvalue weighted by Crippen LogP contribution is 2.28. The molecule has 2 aliphatic carbocycles. The summed E-state index contributed by atoms with van der Waals surface area (Å²) in [5, 5.41) is 12.9. The summed E-state index contributed by atoms with van der Waals surface area (Å²) >= 11 is 0. The van der Waals surface area contributed by atoms with E-state index in [0.29, 0.717) is 12.6 Å². The van der Waals surface area contributed by atoms with Crippen LogP contribution in [-0.4, -0.2) is 47.2 Å². The van der Waals surface area contributed by atoms with Crippen molar-refractivity contribution in [2.24, 2.45) is 5.92 Å². The van der Waals surface area contributed by atoms with Crippen LogP contribution >= 0.6 is 0 Å². The number of hydrogen-bond acceptors (Lipinski definition) is 3. The summed E-state index contributed by atoms with van der Waals surface area (Å²) < 4.78 is 0. The molecule has 2 unspecified atom stereocenters. The van der Waals surface area contributed by atoms with Crippen LogP contribution in [0.1, 0.15) is 58.8 Å². The SMILES string of the molecule is CN(C1CCCC1)C(C)(C)C(=O)NCC1CCCC1O. The molecule has 116 valence electrons. The lowest BCUT2D eigenvalue weighted by Gasteiger charge is -2.38. The Hall–Kier alpha value is -0.610. The Morgan fingerprint density at radius 1 is 1.20 bits per heavy atom. The van der Waals surface area contributed by atoms with Gasteiger partial charge >= 0.3 is 0 Å². The molecular weight excluding hydrogens is 252 g/mol. The van der Waals surface area contributed by atoms with Gasteiger partial charge in [-0.3, -0.25) is 9.69 Å². The van der Waals surface area contributed by atoms with Crippen LogP contribution < -0.4 is 5.32 Å². The Morgan fingerprint density at radius 2 is 1.85 bits per heavy atom. The van der Waals surface area contributed by atoms with Crippen molar-refractivity contribution in [1.29, 1.82) is 0 Å². The van der Waals surface area contributed by atoms with Crippen LogP contribution in [0.15, 0.2) is 0 Å². The van der Waals surface area contributed by atoms with Crippen LogP contribution in [0.4, 0.5) is 0 Å². The Kier molecular flexibility index (Phi) is 5.08. The van der Waals surface area contributed by atoms with Crippen LogP contribution in [-0.2, 0) is 4.79 Å². The lowest BCUT2D eigenvalue weighted by molar-refractivity contribution is -0.132. The predicted octanol–water partition coefficient (Wildman–Crippen LogP) is 1.92. The summed E-state index contributed by atoms with van der Waals surface area (Å²) in [7, 11) is 2.07. The first-order chi connectivity index (χ1) is 9.43. The summed E-state index contributed by atoms with van der Waals surface area (Å²) in [6, 6.07) is 0.535. The van der Waals surface area contributed by atoms with E-state index >= 15 is 0 Å². The molecule has 0 aromatic heterocycles. The summed E-state index contributed by atoms with van der Waals surface area (Å²) in [5.41, 5.74) is -0.474. The fourth-order valence-electron chi connectivity index (χ4n) is 3.60. The maximum Gasteiger partial charge on any atom is 0.239 e. The van der Waals surface area contributed by atoms with Crippen molar-refractivity contribution in [2.45, 2.75) is 76.5 Å². The van der Waals surface area contributed by atoms with Gasteiger partial charge in [-0.05, 0) is 46.6 Å². The third kappa shape index (κ3) is 3.34. The van der Waals surface area contributed by atoms with Crippen molar-refractivity contribution < 1.29 is 9.90 Å². The molecule has 0 aromatic carbocycles. The zero-order valence-electron chi connectivity index (χ0n) is 13.2. The molecular formula is C16H30N2O2. The maximum atomic E-state index is 12.5. The minimum Gasteiger partial charge on any atom is -0.393 e. The van der Waals surface area contributed by atoms with Gasteiger partial charge in [-0.15, -0.1) is 0 Å². The van der Waals surface area contributed by atoms with Crippen molar-refractivity contribution in [3.63, 3.8) is 0 Å². The lowest BCUT2D eigenvalue weighted by Crippen LogP contribution is -2.56. The number of aliphatic hydroxyl groups excluding tert-OH is 1. The van der Waals surface area contributed by atoms with E-state index < -0.39 is 5.54 Å². The van der Waals surface area contributed by atoms with E-state index in [4.69, 9.17) is 0 Å². The fourth-order valence-corrected chi connectivity index (χ4v) is 3.60. The third-order valence-electron chi connectivity index (χ3n) is 5.45. The molecule has 1 amide bonds. The molecule has 20 heavy (non-hydrogen) atoms. The average Bonchev–Trinajstić information content (AvgIpc) is 3.06. The van der Waals surface area contributed by atoms with Gasteiger partial charge in [-0.25, -0.2) is 0 Å². The Balaban J connectivity index is 1.85. The molecule has 0 aromatic rings. The first-order valence-corrected chi connectivity index (χ1v) is 8.12. The average molecular weight is 282 g/mol. The molecule has 4 nitrogen and oxygen atoms in total. The number of amides is 1. The number of hydrogen-bond donors (Lipinski definition) is 2. The van der Waals surface area contributed by atoms with Crippen molar-refractivity contribution in [2.75, 3.05) is 13.6 Å². The first kappa shape index (κ1) is 15.8. The zero-order valence-corrected chi connectivity index (χ0v) is 13.2. The van der Waals surface area contributed by atoms with E-state index in [9.17, 15) is 9.90 Å². The van der Waals surface area contributed by atoms with Crippen LogP contribution in [0.2, 0.25) is 0 Å². The first-order valence-electron chi connectivity index (χ1n) is 8.12. The van der Waals surface area contributed by atoms with Crippen LogP contribution in [0.25, 0.3) is 0 Å². The van der Waals surface area contributed by atoms with Gasteiger partial charge in [0.1, 0.15) is 0 Å². The topological polar surface area (TPSA) is 52.6 Å². The normalized spacial score (nSPS) is 28.2. The molecule has 0 saturated heterocycles. The summed E-state index contributed by atoms with van der Waals surface area (Å²) in [5.74, 6) is 0.331.